The third-order valence-corrected chi connectivity index (χ3v) is 6.58. The Morgan fingerprint density at radius 1 is 1.12 bits per heavy atom. The summed E-state index contributed by atoms with van der Waals surface area (Å²) in [6.45, 7) is 4.39. The van der Waals surface area contributed by atoms with Crippen LogP contribution in [0.15, 0.2) is 4.99 Å². The summed E-state index contributed by atoms with van der Waals surface area (Å²) in [4.78, 5) is 31.9. The van der Waals surface area contributed by atoms with Gasteiger partial charge in [0, 0.05) is 45.9 Å². The molecule has 2 saturated heterocycles. The van der Waals surface area contributed by atoms with E-state index in [0.717, 1.165) is 45.1 Å². The van der Waals surface area contributed by atoms with E-state index in [4.69, 9.17) is 9.47 Å². The van der Waals surface area contributed by atoms with Gasteiger partial charge in [-0.3, -0.25) is 4.79 Å². The first kappa shape index (κ1) is 26.9. The summed E-state index contributed by atoms with van der Waals surface area (Å²) in [5.74, 6) is 0.655. The highest BCUT2D eigenvalue weighted by Crippen LogP contribution is 2.39. The van der Waals surface area contributed by atoms with Crippen LogP contribution in [0.2, 0.25) is 0 Å². The smallest absolute Gasteiger partial charge is 0.409 e. The second kappa shape index (κ2) is 12.8. The summed E-state index contributed by atoms with van der Waals surface area (Å²) in [6.07, 6.45) is 8.06. The van der Waals surface area contributed by atoms with E-state index in [9.17, 15) is 9.59 Å². The van der Waals surface area contributed by atoms with Gasteiger partial charge in [0.1, 0.15) is 6.54 Å². The maximum Gasteiger partial charge on any atom is 0.409 e. The number of nitrogens with one attached hydrogen (secondary N) is 2. The van der Waals surface area contributed by atoms with Crippen LogP contribution in [0.1, 0.15) is 58.3 Å². The van der Waals surface area contributed by atoms with Crippen molar-refractivity contribution in [2.24, 2.45) is 4.99 Å². The van der Waals surface area contributed by atoms with Gasteiger partial charge in [-0.15, -0.1) is 24.0 Å². The quantitative estimate of drug-likeness (QED) is 0.302. The summed E-state index contributed by atoms with van der Waals surface area (Å²) in [6, 6.07) is 0.485. The molecule has 9 nitrogen and oxygen atoms in total. The van der Waals surface area contributed by atoms with Crippen LogP contribution in [-0.2, 0) is 14.3 Å². The van der Waals surface area contributed by atoms with Gasteiger partial charge < -0.3 is 29.9 Å². The number of likely N-dealkylation sites (N-methyl/N-ethyl adjacent to an activating group) is 1. The van der Waals surface area contributed by atoms with Crippen molar-refractivity contribution >= 4 is 41.9 Å². The number of nitrogens with zero attached hydrogens (tertiary/aromatic N) is 3. The van der Waals surface area contributed by atoms with Crippen molar-refractivity contribution in [3.8, 4) is 0 Å². The Labute approximate surface area is 209 Å². The van der Waals surface area contributed by atoms with E-state index in [-0.39, 0.29) is 60.2 Å². The number of hydrogen-bond donors (Lipinski definition) is 2. The van der Waals surface area contributed by atoms with Gasteiger partial charge >= 0.3 is 6.09 Å². The molecule has 1 saturated carbocycles. The number of ether oxygens (including phenoxy) is 2. The molecule has 32 heavy (non-hydrogen) atoms. The normalized spacial score (nSPS) is 23.4. The standard InChI is InChI=1S/C22H39N5O4.HI/c1-4-30-21(29)27-12-7-17(8-13-27)24-20(23-16-19(28)26(2)3)25-18-9-14-31-22(15-18)10-5-6-11-22;/h17-18H,4-16H2,1-3H3,(H2,23,24,25);1H. The van der Waals surface area contributed by atoms with Crippen molar-refractivity contribution in [2.75, 3.05) is 46.9 Å². The number of guanidine groups is 1. The Balaban J connectivity index is 0.00000363. The van der Waals surface area contributed by atoms with Crippen LogP contribution in [0.25, 0.3) is 0 Å². The maximum absolute atomic E-state index is 12.1. The van der Waals surface area contributed by atoms with Crippen molar-refractivity contribution in [1.82, 2.24) is 20.4 Å². The zero-order chi connectivity index (χ0) is 22.3. The van der Waals surface area contributed by atoms with Crippen molar-refractivity contribution in [1.29, 1.82) is 0 Å². The maximum atomic E-state index is 12.1. The summed E-state index contributed by atoms with van der Waals surface area (Å²) in [7, 11) is 3.48. The van der Waals surface area contributed by atoms with Crippen LogP contribution in [0.4, 0.5) is 4.79 Å². The molecule has 0 aromatic carbocycles. The first-order chi connectivity index (χ1) is 14.9. The van der Waals surface area contributed by atoms with E-state index in [0.29, 0.717) is 25.7 Å². The SMILES string of the molecule is CCOC(=O)N1CCC(NC(=NCC(=O)N(C)C)NC2CCOC3(CCCC3)C2)CC1.I. The molecule has 0 radical (unpaired) electrons. The van der Waals surface area contributed by atoms with Gasteiger partial charge in [-0.25, -0.2) is 9.79 Å². The molecular formula is C22H40IN5O4. The number of carbonyl (C=O) groups is 2. The van der Waals surface area contributed by atoms with Gasteiger partial charge in [0.05, 0.1) is 12.2 Å². The van der Waals surface area contributed by atoms with Gasteiger partial charge in [-0.1, -0.05) is 12.8 Å². The average molecular weight is 565 g/mol. The molecule has 2 amide bonds. The Morgan fingerprint density at radius 2 is 1.78 bits per heavy atom. The van der Waals surface area contributed by atoms with Crippen molar-refractivity contribution in [3.05, 3.63) is 0 Å². The molecule has 0 bridgehead atoms. The number of halogens is 1. The highest BCUT2D eigenvalue weighted by molar-refractivity contribution is 14.0. The molecule has 10 heteroatoms. The Bertz CT molecular complexity index is 646. The molecule has 1 spiro atoms. The Kier molecular flexibility index (Phi) is 10.8. The molecule has 0 aromatic heterocycles. The highest BCUT2D eigenvalue weighted by atomic mass is 127. The van der Waals surface area contributed by atoms with Crippen LogP contribution in [0.5, 0.6) is 0 Å². The summed E-state index contributed by atoms with van der Waals surface area (Å²) in [5.41, 5.74) is 0.0193. The molecule has 2 aliphatic heterocycles. The van der Waals surface area contributed by atoms with Gasteiger partial charge in [0.15, 0.2) is 5.96 Å². The minimum absolute atomic E-state index is 0. The molecule has 1 aliphatic carbocycles. The zero-order valence-electron chi connectivity index (χ0n) is 19.7. The van der Waals surface area contributed by atoms with E-state index in [1.54, 1.807) is 23.9 Å². The highest BCUT2D eigenvalue weighted by Gasteiger charge is 2.40. The first-order valence-corrected chi connectivity index (χ1v) is 11.7. The lowest BCUT2D eigenvalue weighted by Crippen LogP contribution is -2.54. The average Bonchev–Trinajstić information content (AvgIpc) is 3.19. The van der Waals surface area contributed by atoms with Crippen LogP contribution >= 0.6 is 24.0 Å². The van der Waals surface area contributed by atoms with E-state index in [2.05, 4.69) is 15.6 Å². The molecular weight excluding hydrogens is 525 g/mol. The van der Waals surface area contributed by atoms with E-state index in [1.165, 1.54) is 12.8 Å². The second-order valence-corrected chi connectivity index (χ2v) is 9.13. The third-order valence-electron chi connectivity index (χ3n) is 6.58. The van der Waals surface area contributed by atoms with Crippen molar-refractivity contribution in [3.63, 3.8) is 0 Å². The molecule has 3 aliphatic rings. The number of rotatable bonds is 5. The van der Waals surface area contributed by atoms with Crippen molar-refractivity contribution < 1.29 is 19.1 Å². The molecule has 2 heterocycles. The minimum Gasteiger partial charge on any atom is -0.450 e. The molecule has 1 atom stereocenters. The second-order valence-electron chi connectivity index (χ2n) is 9.13. The monoisotopic (exact) mass is 565 g/mol. The van der Waals surface area contributed by atoms with Gasteiger partial charge in [0.2, 0.25) is 5.91 Å². The Morgan fingerprint density at radius 3 is 2.41 bits per heavy atom. The molecule has 0 aromatic rings. The van der Waals surface area contributed by atoms with Gasteiger partial charge in [0.25, 0.3) is 0 Å². The lowest BCUT2D eigenvalue weighted by Gasteiger charge is -2.39. The number of aliphatic imine (C=N–C) groups is 1. The number of carbonyl (C=O) groups excluding carboxylic acids is 2. The summed E-state index contributed by atoms with van der Waals surface area (Å²) < 4.78 is 11.3. The molecule has 3 fully saturated rings. The number of amides is 2. The van der Waals surface area contributed by atoms with Gasteiger partial charge in [-0.05, 0) is 45.4 Å². The lowest BCUT2D eigenvalue weighted by molar-refractivity contribution is -0.127. The van der Waals surface area contributed by atoms with Gasteiger partial charge in [-0.2, -0.15) is 0 Å². The van der Waals surface area contributed by atoms with Crippen molar-refractivity contribution in [2.45, 2.75) is 76.0 Å². The fourth-order valence-corrected chi connectivity index (χ4v) is 4.75. The lowest BCUT2D eigenvalue weighted by atomic mass is 9.89. The third kappa shape index (κ3) is 7.64. The molecule has 184 valence electrons. The van der Waals surface area contributed by atoms with Crippen LogP contribution in [0.3, 0.4) is 0 Å². The summed E-state index contributed by atoms with van der Waals surface area (Å²) in [5, 5.41) is 7.10. The predicted octanol–water partition coefficient (Wildman–Crippen LogP) is 2.34. The predicted molar refractivity (Wildman–Crippen MR) is 134 cm³/mol. The first-order valence-electron chi connectivity index (χ1n) is 11.7. The molecule has 3 rings (SSSR count). The fraction of sp³-hybridized carbons (Fsp3) is 0.864. The minimum atomic E-state index is -0.242. The molecule has 1 unspecified atom stereocenters. The van der Waals surface area contributed by atoms with E-state index >= 15 is 0 Å². The number of piperidine rings is 1. The number of hydrogen-bond acceptors (Lipinski definition) is 5. The molecule has 2 N–H and O–H groups in total. The van der Waals surface area contributed by atoms with Crippen LogP contribution in [-0.4, -0.2) is 92.4 Å². The number of likely N-dealkylation sites (tertiary alicyclic amines) is 1. The van der Waals surface area contributed by atoms with Crippen LogP contribution < -0.4 is 10.6 Å². The summed E-state index contributed by atoms with van der Waals surface area (Å²) >= 11 is 0. The largest absolute Gasteiger partial charge is 0.450 e. The van der Waals surface area contributed by atoms with E-state index < -0.39 is 0 Å². The van der Waals surface area contributed by atoms with E-state index in [1.807, 2.05) is 6.92 Å². The van der Waals surface area contributed by atoms with Crippen LogP contribution in [0, 0.1) is 0 Å². The topological polar surface area (TPSA) is 95.5 Å². The fourth-order valence-electron chi connectivity index (χ4n) is 4.75. The Hall–Kier alpha value is -1.30. The zero-order valence-corrected chi connectivity index (χ0v) is 22.1.